The van der Waals surface area contributed by atoms with E-state index in [1.165, 1.54) is 23.5 Å². The molecule has 25 heavy (non-hydrogen) atoms. The van der Waals surface area contributed by atoms with Crippen LogP contribution in [0.5, 0.6) is 5.75 Å². The first-order valence-corrected chi connectivity index (χ1v) is 9.96. The Morgan fingerprint density at radius 1 is 0.960 bits per heavy atom. The first-order valence-electron chi connectivity index (χ1n) is 7.76. The second-order valence-corrected chi connectivity index (χ2v) is 8.36. The van der Waals surface area contributed by atoms with Crippen LogP contribution >= 0.6 is 23.2 Å². The minimum absolute atomic E-state index is 0.00753. The van der Waals surface area contributed by atoms with E-state index in [4.69, 9.17) is 27.9 Å². The number of benzene rings is 2. The van der Waals surface area contributed by atoms with Crippen molar-refractivity contribution in [3.8, 4) is 5.75 Å². The molecule has 0 saturated carbocycles. The van der Waals surface area contributed by atoms with Crippen molar-refractivity contribution in [2.24, 2.45) is 0 Å². The number of methoxy groups -OCH3 is 1. The van der Waals surface area contributed by atoms with Gasteiger partial charge in [-0.15, -0.1) is 0 Å². The van der Waals surface area contributed by atoms with Crippen LogP contribution in [0.3, 0.4) is 0 Å². The van der Waals surface area contributed by atoms with Gasteiger partial charge in [0.2, 0.25) is 10.0 Å². The van der Waals surface area contributed by atoms with E-state index in [0.717, 1.165) is 5.69 Å². The molecule has 0 bridgehead atoms. The summed E-state index contributed by atoms with van der Waals surface area (Å²) in [4.78, 5) is 2.17. The summed E-state index contributed by atoms with van der Waals surface area (Å²) in [5.41, 5.74) is 1.09. The van der Waals surface area contributed by atoms with E-state index in [1.54, 1.807) is 0 Å². The molecule has 0 spiro atoms. The Labute approximate surface area is 157 Å². The number of piperazine rings is 1. The molecule has 1 aliphatic heterocycles. The summed E-state index contributed by atoms with van der Waals surface area (Å²) in [5.74, 6) is 0.347. The summed E-state index contributed by atoms with van der Waals surface area (Å²) in [6.07, 6.45) is 0. The first-order chi connectivity index (χ1) is 11.9. The zero-order chi connectivity index (χ0) is 18.0. The van der Waals surface area contributed by atoms with E-state index in [9.17, 15) is 8.42 Å². The summed E-state index contributed by atoms with van der Waals surface area (Å²) >= 11 is 12.2. The van der Waals surface area contributed by atoms with E-state index < -0.39 is 10.0 Å². The lowest BCUT2D eigenvalue weighted by Gasteiger charge is -2.35. The Kier molecular flexibility index (Phi) is 5.43. The van der Waals surface area contributed by atoms with Crippen LogP contribution in [0.2, 0.25) is 10.0 Å². The lowest BCUT2D eigenvalue weighted by Crippen LogP contribution is -2.48. The molecule has 0 radical (unpaired) electrons. The third-order valence-corrected chi connectivity index (χ3v) is 6.84. The van der Waals surface area contributed by atoms with Crippen LogP contribution in [0.25, 0.3) is 0 Å². The van der Waals surface area contributed by atoms with Crippen LogP contribution < -0.4 is 9.64 Å². The average molecular weight is 401 g/mol. The number of hydrogen-bond acceptors (Lipinski definition) is 4. The highest BCUT2D eigenvalue weighted by molar-refractivity contribution is 7.89. The van der Waals surface area contributed by atoms with E-state index in [2.05, 4.69) is 4.90 Å². The Morgan fingerprint density at radius 3 is 2.20 bits per heavy atom. The third-order valence-electron chi connectivity index (χ3n) is 4.18. The molecular formula is C17H18Cl2N2O3S. The molecule has 2 aromatic carbocycles. The molecule has 0 amide bonds. The van der Waals surface area contributed by atoms with E-state index in [0.29, 0.717) is 31.9 Å². The largest absolute Gasteiger partial charge is 0.495 e. The lowest BCUT2D eigenvalue weighted by atomic mass is 10.2. The van der Waals surface area contributed by atoms with Crippen molar-refractivity contribution in [1.82, 2.24) is 4.31 Å². The van der Waals surface area contributed by atoms with Gasteiger partial charge in [0.25, 0.3) is 0 Å². The van der Waals surface area contributed by atoms with Gasteiger partial charge in [-0.2, -0.15) is 4.31 Å². The van der Waals surface area contributed by atoms with Crippen LogP contribution in [0, 0.1) is 0 Å². The SMILES string of the molecule is COc1cc(Cl)c(S(=O)(=O)N2CCN(c3ccccc3)CC2)cc1Cl. The molecule has 1 fully saturated rings. The van der Waals surface area contributed by atoms with Gasteiger partial charge in [-0.05, 0) is 18.2 Å². The summed E-state index contributed by atoms with van der Waals surface area (Å²) in [6.45, 7) is 2.00. The molecule has 0 aliphatic carbocycles. The maximum absolute atomic E-state index is 12.9. The second-order valence-electron chi connectivity index (χ2n) is 5.64. The number of rotatable bonds is 4. The molecule has 1 heterocycles. The van der Waals surface area contributed by atoms with Gasteiger partial charge in [0.1, 0.15) is 10.6 Å². The normalized spacial score (nSPS) is 16.0. The van der Waals surface area contributed by atoms with Gasteiger partial charge >= 0.3 is 0 Å². The number of para-hydroxylation sites is 1. The van der Waals surface area contributed by atoms with Crippen molar-refractivity contribution in [2.75, 3.05) is 38.2 Å². The van der Waals surface area contributed by atoms with Crippen molar-refractivity contribution >= 4 is 38.9 Å². The molecule has 0 unspecified atom stereocenters. The fourth-order valence-corrected chi connectivity index (χ4v) is 5.07. The van der Waals surface area contributed by atoms with Crippen molar-refractivity contribution in [3.05, 3.63) is 52.5 Å². The van der Waals surface area contributed by atoms with E-state index in [-0.39, 0.29) is 14.9 Å². The van der Waals surface area contributed by atoms with Crippen molar-refractivity contribution in [2.45, 2.75) is 4.90 Å². The van der Waals surface area contributed by atoms with Gasteiger partial charge in [-0.25, -0.2) is 8.42 Å². The molecule has 0 atom stereocenters. The summed E-state index contributed by atoms with van der Waals surface area (Å²) < 4.78 is 32.4. The van der Waals surface area contributed by atoms with Crippen LogP contribution in [0.4, 0.5) is 5.69 Å². The predicted molar refractivity (Wildman–Crippen MR) is 100 cm³/mol. The predicted octanol–water partition coefficient (Wildman–Crippen LogP) is 3.51. The number of sulfonamides is 1. The van der Waals surface area contributed by atoms with Crippen LogP contribution in [-0.4, -0.2) is 46.0 Å². The van der Waals surface area contributed by atoms with Gasteiger partial charge in [-0.3, -0.25) is 0 Å². The molecule has 3 rings (SSSR count). The van der Waals surface area contributed by atoms with Gasteiger partial charge in [0, 0.05) is 37.9 Å². The Balaban J connectivity index is 1.80. The van der Waals surface area contributed by atoms with E-state index >= 15 is 0 Å². The first kappa shape index (κ1) is 18.3. The molecule has 5 nitrogen and oxygen atoms in total. The smallest absolute Gasteiger partial charge is 0.244 e. The highest BCUT2D eigenvalue weighted by Crippen LogP contribution is 2.35. The average Bonchev–Trinajstić information content (AvgIpc) is 2.64. The Morgan fingerprint density at radius 2 is 1.60 bits per heavy atom. The Bertz CT molecular complexity index is 852. The quantitative estimate of drug-likeness (QED) is 0.787. The molecule has 0 aromatic heterocycles. The van der Waals surface area contributed by atoms with E-state index in [1.807, 2.05) is 30.3 Å². The zero-order valence-electron chi connectivity index (χ0n) is 13.7. The number of ether oxygens (including phenoxy) is 1. The third kappa shape index (κ3) is 3.72. The fourth-order valence-electron chi connectivity index (χ4n) is 2.83. The molecule has 0 N–H and O–H groups in total. The standard InChI is InChI=1S/C17H18Cl2N2O3S/c1-24-16-11-15(19)17(12-14(16)18)25(22,23)21-9-7-20(8-10-21)13-5-3-2-4-6-13/h2-6,11-12H,7-10H2,1H3. The van der Waals surface area contributed by atoms with Gasteiger partial charge in [0.15, 0.2) is 0 Å². The second kappa shape index (κ2) is 7.41. The van der Waals surface area contributed by atoms with Crippen LogP contribution in [0.15, 0.2) is 47.4 Å². The zero-order valence-corrected chi connectivity index (χ0v) is 16.0. The van der Waals surface area contributed by atoms with Gasteiger partial charge < -0.3 is 9.64 Å². The minimum Gasteiger partial charge on any atom is -0.495 e. The molecule has 1 saturated heterocycles. The highest BCUT2D eigenvalue weighted by Gasteiger charge is 2.31. The number of hydrogen-bond donors (Lipinski definition) is 0. The topological polar surface area (TPSA) is 49.9 Å². The highest BCUT2D eigenvalue weighted by atomic mass is 35.5. The molecule has 134 valence electrons. The van der Waals surface area contributed by atoms with Crippen molar-refractivity contribution < 1.29 is 13.2 Å². The summed E-state index contributed by atoms with van der Waals surface area (Å²) in [7, 11) is -2.26. The fraction of sp³-hybridized carbons (Fsp3) is 0.294. The maximum atomic E-state index is 12.9. The Hall–Kier alpha value is -1.47. The van der Waals surface area contributed by atoms with Crippen LogP contribution in [0.1, 0.15) is 0 Å². The minimum atomic E-state index is -3.71. The van der Waals surface area contributed by atoms with Gasteiger partial charge in [-0.1, -0.05) is 41.4 Å². The monoisotopic (exact) mass is 400 g/mol. The molecule has 8 heteroatoms. The molecular weight excluding hydrogens is 383 g/mol. The van der Waals surface area contributed by atoms with Gasteiger partial charge in [0.05, 0.1) is 17.2 Å². The van der Waals surface area contributed by atoms with Crippen LogP contribution in [-0.2, 0) is 10.0 Å². The summed E-state index contributed by atoms with van der Waals surface area (Å²) in [5, 5.41) is 0.320. The van der Waals surface area contributed by atoms with Crippen molar-refractivity contribution in [3.63, 3.8) is 0 Å². The number of nitrogens with zero attached hydrogens (tertiary/aromatic N) is 2. The van der Waals surface area contributed by atoms with Crippen molar-refractivity contribution in [1.29, 1.82) is 0 Å². The summed E-state index contributed by atoms with van der Waals surface area (Å²) in [6, 6.07) is 12.7. The number of anilines is 1. The lowest BCUT2D eigenvalue weighted by molar-refractivity contribution is 0.384. The number of halogens is 2. The molecule has 2 aromatic rings. The maximum Gasteiger partial charge on any atom is 0.244 e. The molecule has 1 aliphatic rings.